The molecule has 15 heavy (non-hydrogen) atoms. The van der Waals surface area contributed by atoms with E-state index in [1.807, 2.05) is 12.1 Å². The summed E-state index contributed by atoms with van der Waals surface area (Å²) in [5.41, 5.74) is 2.59. The molecule has 1 unspecified atom stereocenters. The third-order valence-electron chi connectivity index (χ3n) is 2.71. The van der Waals surface area contributed by atoms with Gasteiger partial charge < -0.3 is 4.79 Å². The molecule has 1 aromatic rings. The molecule has 1 aromatic carbocycles. The first-order chi connectivity index (χ1) is 7.13. The van der Waals surface area contributed by atoms with Crippen LogP contribution in [0.4, 0.5) is 0 Å². The number of carbonyl (C=O) groups is 1. The Hall–Kier alpha value is -1.11. The molecule has 1 rings (SSSR count). The Kier molecular flexibility index (Phi) is 4.54. The second-order valence-electron chi connectivity index (χ2n) is 4.66. The Morgan fingerprint density at radius 2 is 1.93 bits per heavy atom. The molecule has 0 saturated carbocycles. The van der Waals surface area contributed by atoms with Gasteiger partial charge in [-0.1, -0.05) is 38.1 Å². The zero-order chi connectivity index (χ0) is 11.3. The van der Waals surface area contributed by atoms with Gasteiger partial charge in [-0.05, 0) is 36.8 Å². The molecule has 82 valence electrons. The van der Waals surface area contributed by atoms with E-state index < -0.39 is 0 Å². The van der Waals surface area contributed by atoms with E-state index in [0.29, 0.717) is 5.92 Å². The van der Waals surface area contributed by atoms with Gasteiger partial charge in [0.25, 0.3) is 0 Å². The van der Waals surface area contributed by atoms with E-state index >= 15 is 0 Å². The second-order valence-corrected chi connectivity index (χ2v) is 4.66. The minimum atomic E-state index is 0.172. The predicted octanol–water partition coefficient (Wildman–Crippen LogP) is 3.40. The Morgan fingerprint density at radius 3 is 2.47 bits per heavy atom. The van der Waals surface area contributed by atoms with Gasteiger partial charge in [0.2, 0.25) is 0 Å². The number of rotatable bonds is 5. The molecular formula is C14H20O. The average molecular weight is 204 g/mol. The van der Waals surface area contributed by atoms with E-state index in [4.69, 9.17) is 0 Å². The Morgan fingerprint density at radius 1 is 1.27 bits per heavy atom. The van der Waals surface area contributed by atoms with Gasteiger partial charge in [0.1, 0.15) is 6.29 Å². The summed E-state index contributed by atoms with van der Waals surface area (Å²) in [6, 6.07) is 8.30. The molecule has 0 aliphatic carbocycles. The molecule has 0 aliphatic heterocycles. The summed E-state index contributed by atoms with van der Waals surface area (Å²) in [4.78, 5) is 11.0. The van der Waals surface area contributed by atoms with Gasteiger partial charge in [-0.15, -0.1) is 0 Å². The average Bonchev–Trinajstić information content (AvgIpc) is 2.19. The van der Waals surface area contributed by atoms with Crippen LogP contribution in [0.15, 0.2) is 24.3 Å². The van der Waals surface area contributed by atoms with Gasteiger partial charge in [0.05, 0.1) is 0 Å². The summed E-state index contributed by atoms with van der Waals surface area (Å²) in [5.74, 6) is 0.760. The van der Waals surface area contributed by atoms with Gasteiger partial charge in [0, 0.05) is 5.92 Å². The third kappa shape index (κ3) is 3.86. The minimum Gasteiger partial charge on any atom is -0.303 e. The number of hydrogen-bond acceptors (Lipinski definition) is 1. The quantitative estimate of drug-likeness (QED) is 0.672. The molecule has 1 nitrogen and oxygen atoms in total. The highest BCUT2D eigenvalue weighted by molar-refractivity contribution is 5.54. The lowest BCUT2D eigenvalue weighted by molar-refractivity contribution is -0.111. The maximum atomic E-state index is 11.0. The normalized spacial score (nSPS) is 12.8. The van der Waals surface area contributed by atoms with Crippen molar-refractivity contribution in [2.75, 3.05) is 0 Å². The van der Waals surface area contributed by atoms with Crippen molar-refractivity contribution in [1.29, 1.82) is 0 Å². The van der Waals surface area contributed by atoms with Crippen LogP contribution in [0.3, 0.4) is 0 Å². The first-order valence-corrected chi connectivity index (χ1v) is 5.63. The van der Waals surface area contributed by atoms with Gasteiger partial charge in [-0.2, -0.15) is 0 Å². The van der Waals surface area contributed by atoms with Crippen LogP contribution in [0.25, 0.3) is 0 Å². The molecule has 0 N–H and O–H groups in total. The monoisotopic (exact) mass is 204 g/mol. The van der Waals surface area contributed by atoms with Crippen molar-refractivity contribution in [3.63, 3.8) is 0 Å². The lowest BCUT2D eigenvalue weighted by Crippen LogP contribution is -2.10. The van der Waals surface area contributed by atoms with E-state index in [1.54, 1.807) is 0 Å². The fraction of sp³-hybridized carbons (Fsp3) is 0.500. The van der Waals surface area contributed by atoms with Crippen molar-refractivity contribution in [3.8, 4) is 0 Å². The highest BCUT2D eigenvalue weighted by atomic mass is 16.1. The predicted molar refractivity (Wildman–Crippen MR) is 63.9 cm³/mol. The van der Waals surface area contributed by atoms with Crippen molar-refractivity contribution in [3.05, 3.63) is 35.4 Å². The summed E-state index contributed by atoms with van der Waals surface area (Å²) in [5, 5.41) is 0. The highest BCUT2D eigenvalue weighted by Gasteiger charge is 2.11. The molecule has 0 bridgehead atoms. The fourth-order valence-electron chi connectivity index (χ4n) is 1.91. The Bertz CT molecular complexity index is 315. The van der Waals surface area contributed by atoms with Crippen molar-refractivity contribution in [2.24, 2.45) is 11.8 Å². The molecule has 0 fully saturated rings. The van der Waals surface area contributed by atoms with E-state index in [1.165, 1.54) is 11.1 Å². The molecule has 0 saturated heterocycles. The Balaban J connectivity index is 2.66. The third-order valence-corrected chi connectivity index (χ3v) is 2.71. The van der Waals surface area contributed by atoms with Crippen molar-refractivity contribution in [1.82, 2.24) is 0 Å². The van der Waals surface area contributed by atoms with Crippen LogP contribution in [-0.4, -0.2) is 6.29 Å². The fourth-order valence-corrected chi connectivity index (χ4v) is 1.91. The van der Waals surface area contributed by atoms with E-state index in [-0.39, 0.29) is 5.92 Å². The number of benzene rings is 1. The molecule has 0 spiro atoms. The number of hydrogen-bond donors (Lipinski definition) is 0. The molecule has 1 heteroatoms. The van der Waals surface area contributed by atoms with Crippen molar-refractivity contribution in [2.45, 2.75) is 33.6 Å². The summed E-state index contributed by atoms with van der Waals surface area (Å²) >= 11 is 0. The summed E-state index contributed by atoms with van der Waals surface area (Å²) < 4.78 is 0. The first-order valence-electron chi connectivity index (χ1n) is 5.63. The largest absolute Gasteiger partial charge is 0.303 e. The summed E-state index contributed by atoms with van der Waals surface area (Å²) in [7, 11) is 0. The van der Waals surface area contributed by atoms with Gasteiger partial charge in [-0.3, -0.25) is 0 Å². The zero-order valence-corrected chi connectivity index (χ0v) is 9.86. The maximum Gasteiger partial charge on any atom is 0.123 e. The first kappa shape index (κ1) is 12.0. The van der Waals surface area contributed by atoms with Gasteiger partial charge >= 0.3 is 0 Å². The van der Waals surface area contributed by atoms with Crippen LogP contribution in [0.2, 0.25) is 0 Å². The summed E-state index contributed by atoms with van der Waals surface area (Å²) in [6.45, 7) is 6.43. The molecule has 0 heterocycles. The summed E-state index contributed by atoms with van der Waals surface area (Å²) in [6.07, 6.45) is 2.97. The molecular weight excluding hydrogens is 184 g/mol. The lowest BCUT2D eigenvalue weighted by Gasteiger charge is -2.14. The topological polar surface area (TPSA) is 17.1 Å². The lowest BCUT2D eigenvalue weighted by atomic mass is 9.90. The molecule has 0 aromatic heterocycles. The standard InChI is InChI=1S/C14H20O/c1-11(2)8-13(10-15)9-14-7-5-4-6-12(14)3/h4-7,10-11,13H,8-9H2,1-3H3. The molecule has 0 radical (unpaired) electrons. The smallest absolute Gasteiger partial charge is 0.123 e. The molecule has 0 amide bonds. The zero-order valence-electron chi connectivity index (χ0n) is 9.86. The van der Waals surface area contributed by atoms with E-state index in [0.717, 1.165) is 19.1 Å². The minimum absolute atomic E-state index is 0.172. The SMILES string of the molecule is Cc1ccccc1CC(C=O)CC(C)C. The second kappa shape index (κ2) is 5.69. The number of carbonyl (C=O) groups excluding carboxylic acids is 1. The highest BCUT2D eigenvalue weighted by Crippen LogP contribution is 2.17. The maximum absolute atomic E-state index is 11.0. The van der Waals surface area contributed by atoms with Gasteiger partial charge in [0.15, 0.2) is 0 Å². The van der Waals surface area contributed by atoms with Crippen LogP contribution in [0.5, 0.6) is 0 Å². The van der Waals surface area contributed by atoms with Gasteiger partial charge in [-0.25, -0.2) is 0 Å². The van der Waals surface area contributed by atoms with Crippen LogP contribution >= 0.6 is 0 Å². The van der Waals surface area contributed by atoms with Crippen LogP contribution < -0.4 is 0 Å². The van der Waals surface area contributed by atoms with Crippen LogP contribution in [0, 0.1) is 18.8 Å². The van der Waals surface area contributed by atoms with Crippen molar-refractivity contribution < 1.29 is 4.79 Å². The van der Waals surface area contributed by atoms with Crippen LogP contribution in [-0.2, 0) is 11.2 Å². The van der Waals surface area contributed by atoms with E-state index in [9.17, 15) is 4.79 Å². The number of aryl methyl sites for hydroxylation is 1. The Labute approximate surface area is 92.5 Å². The van der Waals surface area contributed by atoms with Crippen molar-refractivity contribution >= 4 is 6.29 Å². The van der Waals surface area contributed by atoms with E-state index in [2.05, 4.69) is 32.9 Å². The van der Waals surface area contributed by atoms with Crippen LogP contribution in [0.1, 0.15) is 31.4 Å². The molecule has 0 aliphatic rings. The molecule has 1 atom stereocenters. The number of aldehydes is 1.